The van der Waals surface area contributed by atoms with E-state index in [9.17, 15) is 9.59 Å². The van der Waals surface area contributed by atoms with E-state index in [0.717, 1.165) is 19.4 Å². The van der Waals surface area contributed by atoms with Crippen molar-refractivity contribution in [3.8, 4) is 0 Å². The van der Waals surface area contributed by atoms with Crippen molar-refractivity contribution in [3.63, 3.8) is 0 Å². The highest BCUT2D eigenvalue weighted by molar-refractivity contribution is 7.11. The van der Waals surface area contributed by atoms with Gasteiger partial charge in [-0.3, -0.25) is 4.79 Å². The summed E-state index contributed by atoms with van der Waals surface area (Å²) in [6.45, 7) is 1.34. The molecular formula is C12H18N4O3S. The minimum atomic E-state index is -0.492. The van der Waals surface area contributed by atoms with Gasteiger partial charge in [0.2, 0.25) is 5.91 Å². The molecule has 1 aromatic rings. The zero-order chi connectivity index (χ0) is 14.7. The fraction of sp³-hybridized carbons (Fsp3) is 0.583. The number of rotatable bonds is 3. The Morgan fingerprint density at radius 1 is 1.55 bits per heavy atom. The van der Waals surface area contributed by atoms with Gasteiger partial charge in [0.15, 0.2) is 5.82 Å². The van der Waals surface area contributed by atoms with E-state index in [1.165, 1.54) is 18.6 Å². The number of nitrogens with one attached hydrogen (secondary N) is 1. The lowest BCUT2D eigenvalue weighted by molar-refractivity contribution is -0.124. The molecule has 8 heteroatoms. The molecule has 0 bridgehead atoms. The molecule has 1 aliphatic rings. The molecule has 0 saturated carbocycles. The quantitative estimate of drug-likeness (QED) is 0.787. The lowest BCUT2D eigenvalue weighted by Gasteiger charge is -2.32. The number of amides is 1. The Morgan fingerprint density at radius 3 is 2.95 bits per heavy atom. The smallest absolute Gasteiger partial charge is 0.344 e. The number of piperidine rings is 1. The minimum Gasteiger partial charge on any atom is -0.465 e. The number of esters is 1. The van der Waals surface area contributed by atoms with E-state index >= 15 is 0 Å². The summed E-state index contributed by atoms with van der Waals surface area (Å²) in [6.07, 6.45) is 1.73. The second-order valence-corrected chi connectivity index (χ2v) is 5.39. The molecular weight excluding hydrogens is 280 g/mol. The van der Waals surface area contributed by atoms with Gasteiger partial charge in [0, 0.05) is 20.1 Å². The number of anilines is 2. The SMILES string of the molecule is CNC(=O)C1CCCN(c2snc(N)c2C(=O)OC)C1. The van der Waals surface area contributed by atoms with Crippen LogP contribution in [0.1, 0.15) is 23.2 Å². The maximum Gasteiger partial charge on any atom is 0.344 e. The first-order chi connectivity index (χ1) is 9.58. The van der Waals surface area contributed by atoms with Crippen molar-refractivity contribution >= 4 is 34.2 Å². The Hall–Kier alpha value is -1.83. The van der Waals surface area contributed by atoms with E-state index in [2.05, 4.69) is 9.69 Å². The maximum absolute atomic E-state index is 11.8. The fourth-order valence-corrected chi connectivity index (χ4v) is 3.22. The number of ether oxygens (including phenoxy) is 1. The molecule has 0 spiro atoms. The van der Waals surface area contributed by atoms with Crippen LogP contribution in [-0.2, 0) is 9.53 Å². The molecule has 0 aromatic carbocycles. The van der Waals surface area contributed by atoms with Crippen molar-refractivity contribution in [1.29, 1.82) is 0 Å². The van der Waals surface area contributed by atoms with Gasteiger partial charge >= 0.3 is 5.97 Å². The molecule has 1 unspecified atom stereocenters. The first kappa shape index (κ1) is 14.6. The van der Waals surface area contributed by atoms with Gasteiger partial charge in [0.25, 0.3) is 0 Å². The van der Waals surface area contributed by atoms with E-state index in [4.69, 9.17) is 10.5 Å². The van der Waals surface area contributed by atoms with Gasteiger partial charge in [0.1, 0.15) is 10.6 Å². The molecule has 2 heterocycles. The summed E-state index contributed by atoms with van der Waals surface area (Å²) in [5, 5.41) is 3.35. The summed E-state index contributed by atoms with van der Waals surface area (Å²) in [5.74, 6) is -0.374. The van der Waals surface area contributed by atoms with Gasteiger partial charge in [-0.15, -0.1) is 0 Å². The molecule has 7 nitrogen and oxygen atoms in total. The number of carbonyl (C=O) groups is 2. The fourth-order valence-electron chi connectivity index (χ4n) is 2.38. The van der Waals surface area contributed by atoms with Crippen LogP contribution in [0.15, 0.2) is 0 Å². The first-order valence-electron chi connectivity index (χ1n) is 6.38. The largest absolute Gasteiger partial charge is 0.465 e. The Balaban J connectivity index is 2.23. The molecule has 0 aliphatic carbocycles. The number of nitrogens with two attached hydrogens (primary N) is 1. The summed E-state index contributed by atoms with van der Waals surface area (Å²) in [7, 11) is 2.94. The number of hydrogen-bond acceptors (Lipinski definition) is 7. The van der Waals surface area contributed by atoms with Crippen LogP contribution in [0.5, 0.6) is 0 Å². The van der Waals surface area contributed by atoms with Crippen LogP contribution >= 0.6 is 11.5 Å². The Labute approximate surface area is 121 Å². The molecule has 0 radical (unpaired) electrons. The third-order valence-corrected chi connectivity index (χ3v) is 4.34. The average molecular weight is 298 g/mol. The minimum absolute atomic E-state index is 0.0202. The molecule has 1 atom stereocenters. The number of aromatic nitrogens is 1. The van der Waals surface area contributed by atoms with E-state index < -0.39 is 5.97 Å². The van der Waals surface area contributed by atoms with E-state index in [0.29, 0.717) is 17.1 Å². The maximum atomic E-state index is 11.8. The summed E-state index contributed by atoms with van der Waals surface area (Å²) in [4.78, 5) is 25.5. The van der Waals surface area contributed by atoms with Crippen LogP contribution in [-0.4, -0.2) is 43.5 Å². The van der Waals surface area contributed by atoms with Crippen molar-refractivity contribution < 1.29 is 14.3 Å². The standard InChI is InChI=1S/C12H18N4O3S/c1-14-10(17)7-4-3-5-16(6-7)11-8(12(18)19-2)9(13)15-20-11/h7H,3-6H2,1-2H3,(H2,13,15)(H,14,17). The van der Waals surface area contributed by atoms with Crippen LogP contribution in [0, 0.1) is 5.92 Å². The number of nitrogen functional groups attached to an aromatic ring is 1. The topological polar surface area (TPSA) is 97.5 Å². The van der Waals surface area contributed by atoms with Crippen LogP contribution < -0.4 is 16.0 Å². The molecule has 1 amide bonds. The third-order valence-electron chi connectivity index (χ3n) is 3.42. The summed E-state index contributed by atoms with van der Waals surface area (Å²) in [6, 6.07) is 0. The van der Waals surface area contributed by atoms with Gasteiger partial charge in [-0.1, -0.05) is 0 Å². The lowest BCUT2D eigenvalue weighted by atomic mass is 9.97. The highest BCUT2D eigenvalue weighted by Crippen LogP contribution is 2.34. The molecule has 1 saturated heterocycles. The Bertz CT molecular complexity index is 517. The van der Waals surface area contributed by atoms with Crippen LogP contribution in [0.4, 0.5) is 10.8 Å². The van der Waals surface area contributed by atoms with E-state index in [1.807, 2.05) is 4.90 Å². The van der Waals surface area contributed by atoms with Crippen molar-refractivity contribution in [2.24, 2.45) is 5.92 Å². The zero-order valence-corrected chi connectivity index (χ0v) is 12.3. The molecule has 1 aliphatic heterocycles. The summed E-state index contributed by atoms with van der Waals surface area (Å²) >= 11 is 1.17. The van der Waals surface area contributed by atoms with Crippen molar-refractivity contribution in [2.75, 3.05) is 37.9 Å². The number of carbonyl (C=O) groups excluding carboxylic acids is 2. The number of hydrogen-bond donors (Lipinski definition) is 2. The summed E-state index contributed by atoms with van der Waals surface area (Å²) in [5.41, 5.74) is 6.04. The second kappa shape index (κ2) is 6.08. The van der Waals surface area contributed by atoms with Gasteiger partial charge in [-0.05, 0) is 24.4 Å². The number of methoxy groups -OCH3 is 1. The molecule has 1 fully saturated rings. The molecule has 1 aromatic heterocycles. The highest BCUT2D eigenvalue weighted by atomic mass is 32.1. The monoisotopic (exact) mass is 298 g/mol. The average Bonchev–Trinajstić information content (AvgIpc) is 2.87. The van der Waals surface area contributed by atoms with Crippen LogP contribution in [0.3, 0.4) is 0 Å². The second-order valence-electron chi connectivity index (χ2n) is 4.64. The van der Waals surface area contributed by atoms with Gasteiger partial charge in [-0.2, -0.15) is 4.37 Å². The van der Waals surface area contributed by atoms with Crippen LogP contribution in [0.2, 0.25) is 0 Å². The van der Waals surface area contributed by atoms with Gasteiger partial charge in [0.05, 0.1) is 13.0 Å². The summed E-state index contributed by atoms with van der Waals surface area (Å²) < 4.78 is 8.77. The van der Waals surface area contributed by atoms with Crippen molar-refractivity contribution in [2.45, 2.75) is 12.8 Å². The van der Waals surface area contributed by atoms with E-state index in [1.54, 1.807) is 7.05 Å². The molecule has 2 rings (SSSR count). The van der Waals surface area contributed by atoms with Crippen molar-refractivity contribution in [1.82, 2.24) is 9.69 Å². The molecule has 20 heavy (non-hydrogen) atoms. The predicted molar refractivity (Wildman–Crippen MR) is 76.9 cm³/mol. The van der Waals surface area contributed by atoms with Crippen LogP contribution in [0.25, 0.3) is 0 Å². The predicted octanol–water partition coefficient (Wildman–Crippen LogP) is 0.474. The van der Waals surface area contributed by atoms with Crippen molar-refractivity contribution in [3.05, 3.63) is 5.56 Å². The third kappa shape index (κ3) is 2.69. The zero-order valence-electron chi connectivity index (χ0n) is 11.5. The van der Waals surface area contributed by atoms with E-state index in [-0.39, 0.29) is 17.6 Å². The number of nitrogens with zero attached hydrogens (tertiary/aromatic N) is 2. The first-order valence-corrected chi connectivity index (χ1v) is 7.15. The van der Waals surface area contributed by atoms with Gasteiger partial charge in [-0.25, -0.2) is 4.79 Å². The lowest BCUT2D eigenvalue weighted by Crippen LogP contribution is -2.42. The molecule has 110 valence electrons. The highest BCUT2D eigenvalue weighted by Gasteiger charge is 2.30. The Morgan fingerprint density at radius 2 is 2.30 bits per heavy atom. The normalized spacial score (nSPS) is 18.7. The molecule has 3 N–H and O–H groups in total. The van der Waals surface area contributed by atoms with Gasteiger partial charge < -0.3 is 20.7 Å². The Kier molecular flexibility index (Phi) is 4.43.